The van der Waals surface area contributed by atoms with Crippen LogP contribution in [-0.2, 0) is 4.79 Å². The van der Waals surface area contributed by atoms with Crippen LogP contribution in [0.5, 0.6) is 0 Å². The van der Waals surface area contributed by atoms with Crippen LogP contribution in [0.2, 0.25) is 0 Å². The minimum atomic E-state index is -0.145. The smallest absolute Gasteiger partial charge is 0.230 e. The van der Waals surface area contributed by atoms with E-state index in [9.17, 15) is 4.79 Å². The van der Waals surface area contributed by atoms with Gasteiger partial charge >= 0.3 is 0 Å². The average Bonchev–Trinajstić information content (AvgIpc) is 2.46. The Morgan fingerprint density at radius 3 is 2.89 bits per heavy atom. The molecule has 1 aliphatic heterocycles. The summed E-state index contributed by atoms with van der Waals surface area (Å²) >= 11 is 0. The first-order valence-corrected chi connectivity index (χ1v) is 7.07. The summed E-state index contributed by atoms with van der Waals surface area (Å²) in [5.74, 6) is 0.0306. The molecule has 3 atom stereocenters. The molecule has 4 heteroatoms. The number of hydrogen-bond acceptors (Lipinski definition) is 3. The third kappa shape index (κ3) is 3.13. The van der Waals surface area contributed by atoms with Crippen LogP contribution < -0.4 is 5.73 Å². The van der Waals surface area contributed by atoms with E-state index in [0.717, 1.165) is 31.4 Å². The predicted octanol–water partition coefficient (Wildman–Crippen LogP) is 1.91. The monoisotopic (exact) mass is 261 g/mol. The van der Waals surface area contributed by atoms with Gasteiger partial charge in [-0.15, -0.1) is 0 Å². The minimum absolute atomic E-state index is 0.0327. The number of piperidine rings is 1. The van der Waals surface area contributed by atoms with Gasteiger partial charge in [-0.3, -0.25) is 9.78 Å². The van der Waals surface area contributed by atoms with E-state index in [2.05, 4.69) is 4.98 Å². The van der Waals surface area contributed by atoms with Gasteiger partial charge in [0.25, 0.3) is 0 Å². The van der Waals surface area contributed by atoms with E-state index in [4.69, 9.17) is 5.73 Å². The maximum Gasteiger partial charge on any atom is 0.230 e. The highest BCUT2D eigenvalue weighted by Crippen LogP contribution is 2.24. The van der Waals surface area contributed by atoms with Crippen LogP contribution in [0.25, 0.3) is 0 Å². The lowest BCUT2D eigenvalue weighted by Crippen LogP contribution is -2.52. The Hall–Kier alpha value is -1.42. The zero-order valence-electron chi connectivity index (χ0n) is 11.7. The SMILES string of the molecule is C[C@H](C(=O)N1CCCC[C@H]1[C@@H](C)N)c1cccnc1. The lowest BCUT2D eigenvalue weighted by Gasteiger charge is -2.39. The van der Waals surface area contributed by atoms with Crippen molar-refractivity contribution in [1.82, 2.24) is 9.88 Å². The van der Waals surface area contributed by atoms with Gasteiger partial charge < -0.3 is 10.6 Å². The second-order valence-corrected chi connectivity index (χ2v) is 5.46. The standard InChI is InChI=1S/C15H23N3O/c1-11(13-6-5-8-17-10-13)15(19)18-9-4-3-7-14(18)12(2)16/h5-6,8,10-12,14H,3-4,7,9,16H2,1-2H3/t11-,12+,14-/m0/s1. The van der Waals surface area contributed by atoms with Crippen LogP contribution in [-0.4, -0.2) is 34.4 Å². The van der Waals surface area contributed by atoms with Gasteiger partial charge in [0.05, 0.1) is 5.92 Å². The Balaban J connectivity index is 2.13. The molecule has 1 aromatic rings. The number of amides is 1. The van der Waals surface area contributed by atoms with Gasteiger partial charge in [0.2, 0.25) is 5.91 Å². The molecule has 104 valence electrons. The third-order valence-corrected chi connectivity index (χ3v) is 3.99. The second-order valence-electron chi connectivity index (χ2n) is 5.46. The average molecular weight is 261 g/mol. The van der Waals surface area contributed by atoms with Crippen LogP contribution >= 0.6 is 0 Å². The fourth-order valence-corrected chi connectivity index (χ4v) is 2.80. The van der Waals surface area contributed by atoms with Gasteiger partial charge in [0.1, 0.15) is 0 Å². The summed E-state index contributed by atoms with van der Waals surface area (Å²) in [6, 6.07) is 4.05. The quantitative estimate of drug-likeness (QED) is 0.904. The number of nitrogens with two attached hydrogens (primary N) is 1. The van der Waals surface area contributed by atoms with Crippen molar-refractivity contribution < 1.29 is 4.79 Å². The molecule has 0 radical (unpaired) electrons. The van der Waals surface area contributed by atoms with Crippen LogP contribution in [0.4, 0.5) is 0 Å². The summed E-state index contributed by atoms with van der Waals surface area (Å²) in [7, 11) is 0. The maximum absolute atomic E-state index is 12.7. The number of pyridine rings is 1. The highest BCUT2D eigenvalue weighted by atomic mass is 16.2. The molecule has 1 amide bonds. The molecule has 19 heavy (non-hydrogen) atoms. The van der Waals surface area contributed by atoms with E-state index >= 15 is 0 Å². The van der Waals surface area contributed by atoms with Crippen LogP contribution in [0.3, 0.4) is 0 Å². The van der Waals surface area contributed by atoms with E-state index in [1.807, 2.05) is 30.9 Å². The van der Waals surface area contributed by atoms with Crippen molar-refractivity contribution >= 4 is 5.91 Å². The van der Waals surface area contributed by atoms with Crippen molar-refractivity contribution in [3.05, 3.63) is 30.1 Å². The van der Waals surface area contributed by atoms with Gasteiger partial charge in [-0.2, -0.15) is 0 Å². The molecule has 1 fully saturated rings. The lowest BCUT2D eigenvalue weighted by atomic mass is 9.93. The number of likely N-dealkylation sites (tertiary alicyclic amines) is 1. The number of nitrogens with zero attached hydrogens (tertiary/aromatic N) is 2. The van der Waals surface area contributed by atoms with Gasteiger partial charge in [-0.1, -0.05) is 6.07 Å². The molecule has 2 N–H and O–H groups in total. The van der Waals surface area contributed by atoms with Crippen molar-refractivity contribution in [2.24, 2.45) is 5.73 Å². The van der Waals surface area contributed by atoms with Crippen molar-refractivity contribution in [2.45, 2.75) is 51.1 Å². The van der Waals surface area contributed by atoms with E-state index < -0.39 is 0 Å². The van der Waals surface area contributed by atoms with E-state index in [-0.39, 0.29) is 23.9 Å². The molecule has 1 aromatic heterocycles. The second kappa shape index (κ2) is 6.15. The zero-order chi connectivity index (χ0) is 13.8. The Morgan fingerprint density at radius 1 is 1.47 bits per heavy atom. The molecule has 2 heterocycles. The Labute approximate surface area is 115 Å². The first kappa shape index (κ1) is 14.0. The van der Waals surface area contributed by atoms with Crippen LogP contribution in [0.1, 0.15) is 44.6 Å². The summed E-state index contributed by atoms with van der Waals surface area (Å²) in [5, 5.41) is 0. The number of carbonyl (C=O) groups is 1. The lowest BCUT2D eigenvalue weighted by molar-refractivity contribution is -0.136. The molecule has 0 unspecified atom stereocenters. The number of hydrogen-bond donors (Lipinski definition) is 1. The van der Waals surface area contributed by atoms with Crippen molar-refractivity contribution in [1.29, 1.82) is 0 Å². The van der Waals surface area contributed by atoms with Crippen LogP contribution in [0, 0.1) is 0 Å². The van der Waals surface area contributed by atoms with Gasteiger partial charge in [-0.25, -0.2) is 0 Å². The summed E-state index contributed by atoms with van der Waals surface area (Å²) in [6.45, 7) is 4.77. The van der Waals surface area contributed by atoms with Crippen molar-refractivity contribution in [3.63, 3.8) is 0 Å². The minimum Gasteiger partial charge on any atom is -0.338 e. The number of rotatable bonds is 3. The van der Waals surface area contributed by atoms with Gasteiger partial charge in [-0.05, 0) is 44.7 Å². The summed E-state index contributed by atoms with van der Waals surface area (Å²) in [5.41, 5.74) is 7.00. The summed E-state index contributed by atoms with van der Waals surface area (Å²) in [6.07, 6.45) is 6.76. The van der Waals surface area contributed by atoms with Gasteiger partial charge in [0, 0.05) is 31.0 Å². The van der Waals surface area contributed by atoms with Crippen LogP contribution in [0.15, 0.2) is 24.5 Å². The molecule has 0 aromatic carbocycles. The molecule has 1 aliphatic rings. The van der Waals surface area contributed by atoms with Gasteiger partial charge in [0.15, 0.2) is 0 Å². The highest BCUT2D eigenvalue weighted by Gasteiger charge is 2.32. The highest BCUT2D eigenvalue weighted by molar-refractivity contribution is 5.83. The predicted molar refractivity (Wildman–Crippen MR) is 75.7 cm³/mol. The van der Waals surface area contributed by atoms with E-state index in [1.54, 1.807) is 12.4 Å². The van der Waals surface area contributed by atoms with E-state index in [0.29, 0.717) is 0 Å². The first-order chi connectivity index (χ1) is 9.11. The molecule has 4 nitrogen and oxygen atoms in total. The Kier molecular flexibility index (Phi) is 4.53. The number of carbonyl (C=O) groups excluding carboxylic acids is 1. The summed E-state index contributed by atoms with van der Waals surface area (Å²) < 4.78 is 0. The molecule has 0 spiro atoms. The van der Waals surface area contributed by atoms with Crippen molar-refractivity contribution in [3.8, 4) is 0 Å². The largest absolute Gasteiger partial charge is 0.338 e. The Bertz CT molecular complexity index is 419. The molecular weight excluding hydrogens is 238 g/mol. The number of aromatic nitrogens is 1. The Morgan fingerprint density at radius 2 is 2.26 bits per heavy atom. The molecule has 2 rings (SSSR count). The summed E-state index contributed by atoms with van der Waals surface area (Å²) in [4.78, 5) is 18.7. The zero-order valence-corrected chi connectivity index (χ0v) is 11.7. The normalized spacial score (nSPS) is 22.9. The fourth-order valence-electron chi connectivity index (χ4n) is 2.80. The molecule has 0 saturated carbocycles. The first-order valence-electron chi connectivity index (χ1n) is 7.07. The molecule has 1 saturated heterocycles. The molecular formula is C15H23N3O. The third-order valence-electron chi connectivity index (χ3n) is 3.99. The fraction of sp³-hybridized carbons (Fsp3) is 0.600. The van der Waals surface area contributed by atoms with E-state index in [1.165, 1.54) is 0 Å². The topological polar surface area (TPSA) is 59.2 Å². The molecule has 0 aliphatic carbocycles. The molecule has 0 bridgehead atoms. The van der Waals surface area contributed by atoms with Crippen molar-refractivity contribution in [2.75, 3.05) is 6.54 Å². The maximum atomic E-state index is 12.7.